The van der Waals surface area contributed by atoms with Gasteiger partial charge in [0.25, 0.3) is 0 Å². The van der Waals surface area contributed by atoms with Crippen LogP contribution in [0, 0.1) is 11.7 Å². The Hall–Kier alpha value is -0.455. The van der Waals surface area contributed by atoms with Gasteiger partial charge in [0.1, 0.15) is 0 Å². The molecule has 0 spiro atoms. The summed E-state index contributed by atoms with van der Waals surface area (Å²) >= 11 is 0. The Balaban J connectivity index is 2.07. The number of unbranched alkanes of at least 4 members (excludes halogenated alkanes) is 8. The number of hydrogen-bond donors (Lipinski definition) is 0. The first-order chi connectivity index (χ1) is 9.89. The van der Waals surface area contributed by atoms with Gasteiger partial charge in [0.2, 0.25) is 0 Å². The van der Waals surface area contributed by atoms with Crippen molar-refractivity contribution in [3.05, 3.63) is 0 Å². The Morgan fingerprint density at radius 2 is 1.24 bits per heavy atom. The van der Waals surface area contributed by atoms with Crippen LogP contribution in [0.4, 0.5) is 0 Å². The van der Waals surface area contributed by atoms with Crippen molar-refractivity contribution >= 4 is 7.12 Å². The highest BCUT2D eigenvalue weighted by atomic mass is 16.7. The van der Waals surface area contributed by atoms with E-state index in [4.69, 9.17) is 9.31 Å². The molecule has 1 aliphatic rings. The first-order valence-corrected chi connectivity index (χ1v) is 8.73. The first-order valence-electron chi connectivity index (χ1n) is 8.73. The Morgan fingerprint density at radius 3 is 1.76 bits per heavy atom. The fraction of sp³-hybridized carbons (Fsp3) is 0.889. The van der Waals surface area contributed by atoms with Crippen molar-refractivity contribution in [3.8, 4) is 11.7 Å². The Bertz CT molecular complexity index is 336. The topological polar surface area (TPSA) is 18.5 Å². The molecule has 0 saturated carbocycles. The fourth-order valence-corrected chi connectivity index (χ4v) is 2.40. The maximum Gasteiger partial charge on any atom is 0.551 e. The predicted octanol–water partition coefficient (Wildman–Crippen LogP) is 5.15. The molecule has 0 N–H and O–H groups in total. The molecule has 0 aromatic carbocycles. The lowest BCUT2D eigenvalue weighted by Gasteiger charge is -2.32. The number of rotatable bonds is 8. The van der Waals surface area contributed by atoms with E-state index in [1.54, 1.807) is 0 Å². The molecule has 0 aliphatic carbocycles. The number of hydrogen-bond acceptors (Lipinski definition) is 2. The molecular formula is C18H33BO2. The van der Waals surface area contributed by atoms with Gasteiger partial charge in [0.05, 0.1) is 11.2 Å². The Labute approximate surface area is 132 Å². The summed E-state index contributed by atoms with van der Waals surface area (Å²) in [4.78, 5) is 0. The van der Waals surface area contributed by atoms with Crippen molar-refractivity contribution in [2.75, 3.05) is 0 Å². The van der Waals surface area contributed by atoms with Gasteiger partial charge in [-0.1, -0.05) is 57.7 Å². The van der Waals surface area contributed by atoms with E-state index >= 15 is 0 Å². The zero-order valence-corrected chi connectivity index (χ0v) is 14.8. The van der Waals surface area contributed by atoms with Gasteiger partial charge in [-0.15, -0.1) is 5.92 Å². The lowest BCUT2D eigenvalue weighted by molar-refractivity contribution is 0.00578. The van der Waals surface area contributed by atoms with Gasteiger partial charge in [0, 0.05) is 6.42 Å². The van der Waals surface area contributed by atoms with E-state index in [-0.39, 0.29) is 18.3 Å². The van der Waals surface area contributed by atoms with E-state index in [1.807, 2.05) is 0 Å². The molecular weight excluding hydrogens is 259 g/mol. The second-order valence-electron chi connectivity index (χ2n) is 7.13. The molecule has 1 heterocycles. The van der Waals surface area contributed by atoms with Crippen LogP contribution >= 0.6 is 0 Å². The van der Waals surface area contributed by atoms with Crippen molar-refractivity contribution in [1.29, 1.82) is 0 Å². The van der Waals surface area contributed by atoms with E-state index in [0.29, 0.717) is 0 Å². The summed E-state index contributed by atoms with van der Waals surface area (Å²) in [5, 5.41) is 0. The minimum Gasteiger partial charge on any atom is -0.392 e. The maximum atomic E-state index is 5.85. The summed E-state index contributed by atoms with van der Waals surface area (Å²) in [5.41, 5.74) is -0.546. The van der Waals surface area contributed by atoms with Crippen LogP contribution < -0.4 is 0 Å². The monoisotopic (exact) mass is 292 g/mol. The fourth-order valence-electron chi connectivity index (χ4n) is 2.40. The summed E-state index contributed by atoms with van der Waals surface area (Å²) in [7, 11) is -0.357. The minimum absolute atomic E-state index is 0.273. The van der Waals surface area contributed by atoms with Crippen molar-refractivity contribution in [1.82, 2.24) is 0 Å². The van der Waals surface area contributed by atoms with Crippen LogP contribution in [0.3, 0.4) is 0 Å². The quantitative estimate of drug-likeness (QED) is 0.350. The molecule has 0 amide bonds. The molecule has 0 atom stereocenters. The van der Waals surface area contributed by atoms with Crippen LogP contribution in [0.2, 0.25) is 0 Å². The van der Waals surface area contributed by atoms with Gasteiger partial charge in [-0.2, -0.15) is 0 Å². The summed E-state index contributed by atoms with van der Waals surface area (Å²) in [5.74, 6) is 6.33. The molecule has 1 fully saturated rings. The van der Waals surface area contributed by atoms with Crippen molar-refractivity contribution in [2.45, 2.75) is 104 Å². The third-order valence-electron chi connectivity index (χ3n) is 4.63. The van der Waals surface area contributed by atoms with E-state index in [2.05, 4.69) is 46.4 Å². The molecule has 21 heavy (non-hydrogen) atoms. The highest BCUT2D eigenvalue weighted by Crippen LogP contribution is 2.36. The van der Waals surface area contributed by atoms with Crippen molar-refractivity contribution < 1.29 is 9.31 Å². The average molecular weight is 292 g/mol. The molecule has 1 aliphatic heterocycles. The summed E-state index contributed by atoms with van der Waals surface area (Å²) < 4.78 is 11.7. The van der Waals surface area contributed by atoms with Crippen LogP contribution in [0.5, 0.6) is 0 Å². The maximum absolute atomic E-state index is 5.85. The van der Waals surface area contributed by atoms with Crippen LogP contribution in [0.25, 0.3) is 0 Å². The van der Waals surface area contributed by atoms with Crippen molar-refractivity contribution in [2.24, 2.45) is 0 Å². The van der Waals surface area contributed by atoms with E-state index < -0.39 is 0 Å². The average Bonchev–Trinajstić information content (AvgIpc) is 2.60. The molecule has 1 rings (SSSR count). The van der Waals surface area contributed by atoms with Crippen LogP contribution in [0.15, 0.2) is 0 Å². The van der Waals surface area contributed by atoms with Crippen LogP contribution in [0.1, 0.15) is 92.4 Å². The standard InChI is InChI=1S/C18H33BO2/c1-6-7-8-9-10-11-12-13-14-15-16-19-20-17(2,3)18(4,5)21-19/h6-14H2,1-5H3. The van der Waals surface area contributed by atoms with Gasteiger partial charge in [-0.3, -0.25) is 0 Å². The summed E-state index contributed by atoms with van der Waals surface area (Å²) in [6.45, 7) is 10.5. The highest BCUT2D eigenvalue weighted by molar-refractivity contribution is 6.55. The van der Waals surface area contributed by atoms with Gasteiger partial charge >= 0.3 is 7.12 Å². The minimum atomic E-state index is -0.357. The normalized spacial score (nSPS) is 19.4. The largest absolute Gasteiger partial charge is 0.551 e. The molecule has 1 saturated heterocycles. The van der Waals surface area contributed by atoms with Gasteiger partial charge < -0.3 is 9.31 Å². The van der Waals surface area contributed by atoms with Crippen LogP contribution in [-0.4, -0.2) is 18.3 Å². The SMILES string of the molecule is CCCCCCCCCCC#CB1OC(C)(C)C(C)(C)O1. The smallest absolute Gasteiger partial charge is 0.392 e. The third kappa shape index (κ3) is 6.45. The second-order valence-corrected chi connectivity index (χ2v) is 7.13. The van der Waals surface area contributed by atoms with E-state index in [1.165, 1.54) is 51.4 Å². The molecule has 0 aromatic rings. The van der Waals surface area contributed by atoms with Gasteiger partial charge in [-0.25, -0.2) is 0 Å². The zero-order valence-electron chi connectivity index (χ0n) is 14.8. The lowest BCUT2D eigenvalue weighted by atomic mass is 9.90. The van der Waals surface area contributed by atoms with Crippen molar-refractivity contribution in [3.63, 3.8) is 0 Å². The Kier molecular flexibility index (Phi) is 7.84. The van der Waals surface area contributed by atoms with E-state index in [9.17, 15) is 0 Å². The lowest BCUT2D eigenvalue weighted by Crippen LogP contribution is -2.41. The molecule has 0 bridgehead atoms. The molecule has 0 unspecified atom stereocenters. The Morgan fingerprint density at radius 1 is 0.762 bits per heavy atom. The van der Waals surface area contributed by atoms with E-state index in [0.717, 1.165) is 6.42 Å². The molecule has 0 radical (unpaired) electrons. The summed E-state index contributed by atoms with van der Waals surface area (Å²) in [6, 6.07) is 0. The molecule has 2 nitrogen and oxygen atoms in total. The first kappa shape index (κ1) is 18.6. The van der Waals surface area contributed by atoms with Gasteiger partial charge in [-0.05, 0) is 34.1 Å². The molecule has 0 aromatic heterocycles. The van der Waals surface area contributed by atoms with Gasteiger partial charge in [0.15, 0.2) is 0 Å². The molecule has 3 heteroatoms. The predicted molar refractivity (Wildman–Crippen MR) is 91.1 cm³/mol. The third-order valence-corrected chi connectivity index (χ3v) is 4.63. The zero-order chi connectivity index (χ0) is 15.8. The second kappa shape index (κ2) is 8.86. The highest BCUT2D eigenvalue weighted by Gasteiger charge is 2.50. The van der Waals surface area contributed by atoms with Crippen LogP contribution in [-0.2, 0) is 9.31 Å². The molecule has 120 valence electrons. The summed E-state index contributed by atoms with van der Waals surface area (Å²) in [6.07, 6.45) is 11.7.